The SMILES string of the molecule is Cc1c(Cl)cccc1N1CCN(C(=O)Cn2nc(C(=O)O)c3c2C[C@H]2C[C@@H]32)C2(CC2)C1. The molecule has 2 aromatic rings. The number of carbonyl (C=O) groups excluding carboxylic acids is 1. The molecule has 2 atom stereocenters. The number of aromatic nitrogens is 2. The third-order valence-corrected chi connectivity index (χ3v) is 8.10. The molecule has 2 heterocycles. The van der Waals surface area contributed by atoms with E-state index in [0.29, 0.717) is 18.4 Å². The average molecular weight is 441 g/mol. The van der Waals surface area contributed by atoms with Crippen molar-refractivity contribution in [3.63, 3.8) is 0 Å². The third kappa shape index (κ3) is 2.89. The van der Waals surface area contributed by atoms with Gasteiger partial charge >= 0.3 is 5.97 Å². The van der Waals surface area contributed by atoms with Gasteiger partial charge in [-0.3, -0.25) is 9.48 Å². The molecule has 8 heteroatoms. The van der Waals surface area contributed by atoms with Crippen LogP contribution in [0.5, 0.6) is 0 Å². The summed E-state index contributed by atoms with van der Waals surface area (Å²) in [4.78, 5) is 29.4. The fourth-order valence-corrected chi connectivity index (χ4v) is 5.95. The van der Waals surface area contributed by atoms with Gasteiger partial charge in [-0.15, -0.1) is 0 Å². The Balaban J connectivity index is 1.22. The second-order valence-corrected chi connectivity index (χ2v) is 9.96. The van der Waals surface area contributed by atoms with Crippen molar-refractivity contribution in [3.05, 3.63) is 45.7 Å². The standard InChI is InChI=1S/C23H25ClN4O3/c1-13-16(24)3-2-4-17(13)26-7-8-27(23(12-26)5-6-23)19(29)11-28-18-10-14-9-15(14)20(18)21(25-28)22(30)31/h2-4,14-15H,5-12H2,1H3,(H,30,31)/t14-,15-/m1/s1. The van der Waals surface area contributed by atoms with Crippen LogP contribution in [0.15, 0.2) is 18.2 Å². The minimum absolute atomic E-state index is 0.0442. The first-order valence-electron chi connectivity index (χ1n) is 11.0. The Kier molecular flexibility index (Phi) is 4.01. The number of rotatable bonds is 4. The van der Waals surface area contributed by atoms with Crippen molar-refractivity contribution in [2.24, 2.45) is 5.92 Å². The van der Waals surface area contributed by atoms with Gasteiger partial charge < -0.3 is 14.9 Å². The maximum absolute atomic E-state index is 13.3. The lowest BCUT2D eigenvalue weighted by molar-refractivity contribution is -0.135. The number of hydrogen-bond acceptors (Lipinski definition) is 4. The highest BCUT2D eigenvalue weighted by atomic mass is 35.5. The molecule has 1 saturated heterocycles. The van der Waals surface area contributed by atoms with E-state index in [2.05, 4.69) is 16.1 Å². The van der Waals surface area contributed by atoms with Crippen molar-refractivity contribution >= 4 is 29.2 Å². The molecule has 1 N–H and O–H groups in total. The largest absolute Gasteiger partial charge is 0.476 e. The Morgan fingerprint density at radius 2 is 2.10 bits per heavy atom. The van der Waals surface area contributed by atoms with Crippen LogP contribution < -0.4 is 4.90 Å². The molecular weight excluding hydrogens is 416 g/mol. The monoisotopic (exact) mass is 440 g/mol. The predicted molar refractivity (Wildman–Crippen MR) is 116 cm³/mol. The van der Waals surface area contributed by atoms with E-state index in [1.165, 1.54) is 0 Å². The van der Waals surface area contributed by atoms with Gasteiger partial charge in [0.15, 0.2) is 5.69 Å². The molecule has 7 nitrogen and oxygen atoms in total. The van der Waals surface area contributed by atoms with Gasteiger partial charge in [0.1, 0.15) is 6.54 Å². The van der Waals surface area contributed by atoms with Gasteiger partial charge in [0, 0.05) is 41.6 Å². The fraction of sp³-hybridized carbons (Fsp3) is 0.522. The smallest absolute Gasteiger partial charge is 0.356 e. The van der Waals surface area contributed by atoms with Crippen LogP contribution in [0, 0.1) is 12.8 Å². The normalized spacial score (nSPS) is 24.8. The number of benzene rings is 1. The lowest BCUT2D eigenvalue weighted by Crippen LogP contribution is -2.58. The highest BCUT2D eigenvalue weighted by Gasteiger charge is 2.54. The molecule has 0 unspecified atom stereocenters. The third-order valence-electron chi connectivity index (χ3n) is 7.69. The van der Waals surface area contributed by atoms with E-state index in [0.717, 1.165) is 66.3 Å². The molecule has 1 amide bonds. The van der Waals surface area contributed by atoms with E-state index < -0.39 is 5.97 Å². The second kappa shape index (κ2) is 6.48. The lowest BCUT2D eigenvalue weighted by Gasteiger charge is -2.43. The summed E-state index contributed by atoms with van der Waals surface area (Å²) in [6, 6.07) is 5.98. The van der Waals surface area contributed by atoms with Crippen LogP contribution in [-0.2, 0) is 17.8 Å². The molecule has 1 spiro atoms. The molecule has 1 aromatic heterocycles. The number of amides is 1. The van der Waals surface area contributed by atoms with Crippen molar-refractivity contribution in [2.45, 2.75) is 50.6 Å². The first-order valence-corrected chi connectivity index (χ1v) is 11.4. The molecule has 2 saturated carbocycles. The number of aromatic carboxylic acids is 1. The van der Waals surface area contributed by atoms with Gasteiger partial charge in [0.25, 0.3) is 0 Å². The Hall–Kier alpha value is -2.54. The molecule has 0 bridgehead atoms. The number of piperazine rings is 1. The van der Waals surface area contributed by atoms with E-state index in [9.17, 15) is 14.7 Å². The van der Waals surface area contributed by atoms with Gasteiger partial charge in [0.2, 0.25) is 5.91 Å². The number of fused-ring (bicyclic) bond motifs is 3. The molecular formula is C23H25ClN4O3. The first kappa shape index (κ1) is 19.2. The molecule has 3 fully saturated rings. The summed E-state index contributed by atoms with van der Waals surface area (Å²) >= 11 is 6.33. The van der Waals surface area contributed by atoms with E-state index in [4.69, 9.17) is 11.6 Å². The number of halogens is 1. The van der Waals surface area contributed by atoms with Gasteiger partial charge in [-0.25, -0.2) is 4.79 Å². The number of carboxylic acid groups (broad SMARTS) is 1. The van der Waals surface area contributed by atoms with Crippen molar-refractivity contribution in [1.82, 2.24) is 14.7 Å². The Morgan fingerprint density at radius 3 is 2.84 bits per heavy atom. The average Bonchev–Trinajstić information content (AvgIpc) is 3.61. The summed E-state index contributed by atoms with van der Waals surface area (Å²) in [5.41, 5.74) is 4.08. The summed E-state index contributed by atoms with van der Waals surface area (Å²) < 4.78 is 1.68. The van der Waals surface area contributed by atoms with Crippen molar-refractivity contribution < 1.29 is 14.7 Å². The summed E-state index contributed by atoms with van der Waals surface area (Å²) in [5, 5.41) is 14.7. The predicted octanol–water partition coefficient (Wildman–Crippen LogP) is 3.08. The number of carbonyl (C=O) groups is 2. The number of nitrogens with zero attached hydrogens (tertiary/aromatic N) is 4. The van der Waals surface area contributed by atoms with Crippen LogP contribution in [0.25, 0.3) is 0 Å². The minimum Gasteiger partial charge on any atom is -0.476 e. The van der Waals surface area contributed by atoms with Gasteiger partial charge in [-0.1, -0.05) is 17.7 Å². The quantitative estimate of drug-likeness (QED) is 0.790. The Bertz CT molecular complexity index is 1120. The van der Waals surface area contributed by atoms with Crippen molar-refractivity contribution in [2.75, 3.05) is 24.5 Å². The molecule has 3 aliphatic carbocycles. The maximum atomic E-state index is 13.3. The Labute approximate surface area is 185 Å². The summed E-state index contributed by atoms with van der Waals surface area (Å²) in [6.45, 7) is 4.40. The molecule has 6 rings (SSSR count). The van der Waals surface area contributed by atoms with Gasteiger partial charge in [0.05, 0.1) is 5.54 Å². The van der Waals surface area contributed by atoms with Crippen LogP contribution in [0.3, 0.4) is 0 Å². The van der Waals surface area contributed by atoms with Crippen molar-refractivity contribution in [1.29, 1.82) is 0 Å². The molecule has 4 aliphatic rings. The fourth-order valence-electron chi connectivity index (χ4n) is 5.78. The van der Waals surface area contributed by atoms with Crippen LogP contribution in [0.4, 0.5) is 5.69 Å². The molecule has 162 valence electrons. The number of hydrogen-bond donors (Lipinski definition) is 1. The lowest BCUT2D eigenvalue weighted by atomic mass is 10.1. The first-order chi connectivity index (χ1) is 14.9. The molecule has 1 aromatic carbocycles. The van der Waals surface area contributed by atoms with Crippen LogP contribution >= 0.6 is 11.6 Å². The number of carboxylic acids is 1. The summed E-state index contributed by atoms with van der Waals surface area (Å²) in [6.07, 6.45) is 3.90. The van der Waals surface area contributed by atoms with Crippen LogP contribution in [0.2, 0.25) is 5.02 Å². The van der Waals surface area contributed by atoms with Crippen LogP contribution in [-0.4, -0.2) is 56.8 Å². The number of anilines is 1. The minimum atomic E-state index is -0.987. The van der Waals surface area contributed by atoms with Gasteiger partial charge in [-0.05, 0) is 62.1 Å². The zero-order valence-electron chi connectivity index (χ0n) is 17.5. The molecule has 1 aliphatic heterocycles. The Morgan fingerprint density at radius 1 is 1.29 bits per heavy atom. The summed E-state index contributed by atoms with van der Waals surface area (Å²) in [5.74, 6) is -0.0575. The highest BCUT2D eigenvalue weighted by Crippen LogP contribution is 2.57. The van der Waals surface area contributed by atoms with E-state index >= 15 is 0 Å². The topological polar surface area (TPSA) is 78.7 Å². The van der Waals surface area contributed by atoms with E-state index in [1.54, 1.807) is 4.68 Å². The highest BCUT2D eigenvalue weighted by molar-refractivity contribution is 6.31. The van der Waals surface area contributed by atoms with Crippen molar-refractivity contribution in [3.8, 4) is 0 Å². The molecule has 31 heavy (non-hydrogen) atoms. The maximum Gasteiger partial charge on any atom is 0.356 e. The zero-order valence-corrected chi connectivity index (χ0v) is 18.2. The van der Waals surface area contributed by atoms with Crippen LogP contribution in [0.1, 0.15) is 52.5 Å². The second-order valence-electron chi connectivity index (χ2n) is 9.55. The summed E-state index contributed by atoms with van der Waals surface area (Å²) in [7, 11) is 0. The van der Waals surface area contributed by atoms with E-state index in [-0.39, 0.29) is 23.7 Å². The van der Waals surface area contributed by atoms with E-state index in [1.807, 2.05) is 24.0 Å². The van der Waals surface area contributed by atoms with Gasteiger partial charge in [-0.2, -0.15) is 5.10 Å². The molecule has 0 radical (unpaired) electrons. The zero-order chi connectivity index (χ0) is 21.5.